The van der Waals surface area contributed by atoms with E-state index in [1.807, 2.05) is 51.5 Å². The third kappa shape index (κ3) is 9.81. The van der Waals surface area contributed by atoms with Gasteiger partial charge in [0.2, 0.25) is 10.0 Å². The van der Waals surface area contributed by atoms with Gasteiger partial charge in [0.25, 0.3) is 0 Å². The minimum atomic E-state index is -4.07. The Morgan fingerprint density at radius 2 is 1.77 bits per heavy atom. The molecule has 0 unspecified atom stereocenters. The monoisotopic (exact) mass is 563 g/mol. The molecule has 2 aromatic carbocycles. The van der Waals surface area contributed by atoms with Crippen LogP contribution in [0.15, 0.2) is 53.4 Å². The largest absolute Gasteiger partial charge is 0.492 e. The number of esters is 1. The number of urea groups is 1. The van der Waals surface area contributed by atoms with Crippen LogP contribution in [0.4, 0.5) is 10.5 Å². The Kier molecular flexibility index (Phi) is 10.7. The van der Waals surface area contributed by atoms with Gasteiger partial charge in [0.15, 0.2) is 0 Å². The Bertz CT molecular complexity index is 1210. The number of sulfonamides is 1. The summed E-state index contributed by atoms with van der Waals surface area (Å²) >= 11 is 0. The van der Waals surface area contributed by atoms with Gasteiger partial charge in [-0.1, -0.05) is 30.3 Å². The maximum Gasteiger partial charge on any atom is 0.322 e. The van der Waals surface area contributed by atoms with Gasteiger partial charge in [0, 0.05) is 13.1 Å². The molecule has 3 rings (SSSR count). The highest BCUT2D eigenvalue weighted by Gasteiger charge is 2.29. The highest BCUT2D eigenvalue weighted by atomic mass is 32.2. The minimum absolute atomic E-state index is 0.0627. The molecular formula is C27H39N4O7S+. The number of quaternary nitrogens is 1. The standard InChI is InChI=1S/C27H38N4O7S/c1-5-37-25-12-11-23(18-24(25)28-27(33)30-13-15-36-16-14-30)39(34,35)29-22(19-31(2,3)4)17-26(32)38-20-21-9-7-6-8-10-21/h6-12,18,22,29H,5,13-17,19-20H2,1-4H3/p+1/t22-/m1/s1. The fraction of sp³-hybridized carbons (Fsp3) is 0.481. The van der Waals surface area contributed by atoms with Crippen LogP contribution in [-0.4, -0.2) is 96.4 Å². The van der Waals surface area contributed by atoms with Crippen molar-refractivity contribution in [2.75, 3.05) is 65.9 Å². The second kappa shape index (κ2) is 13.7. The van der Waals surface area contributed by atoms with E-state index >= 15 is 0 Å². The molecule has 1 atom stereocenters. The molecule has 0 radical (unpaired) electrons. The van der Waals surface area contributed by atoms with Gasteiger partial charge in [0.05, 0.1) is 70.6 Å². The Labute approximate surface area is 230 Å². The summed E-state index contributed by atoms with van der Waals surface area (Å²) in [6, 6.07) is 12.5. The topological polar surface area (TPSA) is 123 Å². The smallest absolute Gasteiger partial charge is 0.322 e. The van der Waals surface area contributed by atoms with Gasteiger partial charge in [-0.05, 0) is 30.7 Å². The molecule has 1 saturated heterocycles. The number of rotatable bonds is 12. The van der Waals surface area contributed by atoms with E-state index in [1.165, 1.54) is 18.2 Å². The van der Waals surface area contributed by atoms with Crippen molar-refractivity contribution in [3.8, 4) is 5.75 Å². The van der Waals surface area contributed by atoms with Crippen LogP contribution in [0.25, 0.3) is 0 Å². The van der Waals surface area contributed by atoms with E-state index in [2.05, 4.69) is 10.0 Å². The second-order valence-electron chi connectivity index (χ2n) is 10.3. The van der Waals surface area contributed by atoms with E-state index < -0.39 is 22.0 Å². The molecule has 2 aromatic rings. The van der Waals surface area contributed by atoms with E-state index in [0.717, 1.165) is 5.56 Å². The average molecular weight is 564 g/mol. The third-order valence-electron chi connectivity index (χ3n) is 5.85. The van der Waals surface area contributed by atoms with Crippen molar-refractivity contribution in [3.63, 3.8) is 0 Å². The Morgan fingerprint density at radius 1 is 1.08 bits per heavy atom. The van der Waals surface area contributed by atoms with Gasteiger partial charge < -0.3 is 28.9 Å². The number of hydrogen-bond donors (Lipinski definition) is 2. The van der Waals surface area contributed by atoms with Crippen LogP contribution in [-0.2, 0) is 30.9 Å². The van der Waals surface area contributed by atoms with Gasteiger partial charge in [-0.2, -0.15) is 0 Å². The molecule has 12 heteroatoms. The van der Waals surface area contributed by atoms with Crippen molar-refractivity contribution in [1.29, 1.82) is 0 Å². The van der Waals surface area contributed by atoms with E-state index in [9.17, 15) is 18.0 Å². The Morgan fingerprint density at radius 3 is 2.41 bits per heavy atom. The maximum atomic E-state index is 13.4. The normalized spacial score (nSPS) is 14.9. The van der Waals surface area contributed by atoms with Crippen molar-refractivity contribution < 1.29 is 36.7 Å². The van der Waals surface area contributed by atoms with Gasteiger partial charge in [0.1, 0.15) is 12.4 Å². The lowest BCUT2D eigenvalue weighted by Crippen LogP contribution is -2.49. The summed E-state index contributed by atoms with van der Waals surface area (Å²) in [5.74, 6) is -0.157. The molecule has 0 saturated carbocycles. The molecular weight excluding hydrogens is 524 g/mol. The van der Waals surface area contributed by atoms with E-state index in [4.69, 9.17) is 14.2 Å². The van der Waals surface area contributed by atoms with Gasteiger partial charge >= 0.3 is 12.0 Å². The molecule has 39 heavy (non-hydrogen) atoms. The van der Waals surface area contributed by atoms with Crippen LogP contribution in [0.3, 0.4) is 0 Å². The number of likely N-dealkylation sites (N-methyl/N-ethyl adjacent to an activating group) is 1. The first-order chi connectivity index (χ1) is 18.5. The molecule has 0 spiro atoms. The van der Waals surface area contributed by atoms with Crippen molar-refractivity contribution in [1.82, 2.24) is 9.62 Å². The summed E-state index contributed by atoms with van der Waals surface area (Å²) in [7, 11) is 1.66. The van der Waals surface area contributed by atoms with Gasteiger partial charge in [-0.3, -0.25) is 4.79 Å². The zero-order chi connectivity index (χ0) is 28.5. The molecule has 11 nitrogen and oxygen atoms in total. The first-order valence-corrected chi connectivity index (χ1v) is 14.4. The number of nitrogens with zero attached hydrogens (tertiary/aromatic N) is 2. The molecule has 2 amide bonds. The summed E-state index contributed by atoms with van der Waals surface area (Å²) in [6.45, 7) is 4.32. The van der Waals surface area contributed by atoms with Crippen LogP contribution in [0.1, 0.15) is 18.9 Å². The fourth-order valence-electron chi connectivity index (χ4n) is 4.11. The lowest BCUT2D eigenvalue weighted by molar-refractivity contribution is -0.871. The van der Waals surface area contributed by atoms with Crippen LogP contribution in [0.2, 0.25) is 0 Å². The van der Waals surface area contributed by atoms with Crippen LogP contribution >= 0.6 is 0 Å². The summed E-state index contributed by atoms with van der Waals surface area (Å²) in [5.41, 5.74) is 1.08. The second-order valence-corrected chi connectivity index (χ2v) is 12.0. The summed E-state index contributed by atoms with van der Waals surface area (Å²) < 4.78 is 46.3. The molecule has 2 N–H and O–H groups in total. The average Bonchev–Trinajstić information content (AvgIpc) is 2.88. The van der Waals surface area contributed by atoms with E-state index in [1.54, 1.807) is 11.8 Å². The van der Waals surface area contributed by atoms with Crippen LogP contribution < -0.4 is 14.8 Å². The highest BCUT2D eigenvalue weighted by Crippen LogP contribution is 2.28. The quantitative estimate of drug-likeness (QED) is 0.300. The number of nitrogens with one attached hydrogen (secondary N) is 2. The number of ether oxygens (including phenoxy) is 3. The zero-order valence-electron chi connectivity index (χ0n) is 23.0. The lowest BCUT2D eigenvalue weighted by atomic mass is 10.2. The molecule has 214 valence electrons. The molecule has 1 fully saturated rings. The van der Waals surface area contributed by atoms with Gasteiger partial charge in [-0.25, -0.2) is 17.9 Å². The highest BCUT2D eigenvalue weighted by molar-refractivity contribution is 7.89. The van der Waals surface area contributed by atoms with Crippen molar-refractivity contribution in [2.45, 2.75) is 30.9 Å². The minimum Gasteiger partial charge on any atom is -0.492 e. The summed E-state index contributed by atoms with van der Waals surface area (Å²) in [5, 5.41) is 2.77. The molecule has 1 heterocycles. The molecule has 1 aliphatic heterocycles. The number of amides is 2. The molecule has 0 aliphatic carbocycles. The first-order valence-electron chi connectivity index (χ1n) is 12.9. The number of anilines is 1. The molecule has 0 aromatic heterocycles. The number of carbonyl (C=O) groups excluding carboxylic acids is 2. The first kappa shape index (κ1) is 30.4. The van der Waals surface area contributed by atoms with E-state index in [0.29, 0.717) is 49.7 Å². The molecule has 0 bridgehead atoms. The molecule has 1 aliphatic rings. The Balaban J connectivity index is 1.76. The van der Waals surface area contributed by atoms with Gasteiger partial charge in [-0.15, -0.1) is 0 Å². The maximum absolute atomic E-state index is 13.4. The van der Waals surface area contributed by atoms with Crippen molar-refractivity contribution in [2.24, 2.45) is 0 Å². The van der Waals surface area contributed by atoms with Crippen LogP contribution in [0.5, 0.6) is 5.75 Å². The summed E-state index contributed by atoms with van der Waals surface area (Å²) in [4.78, 5) is 27.0. The van der Waals surface area contributed by atoms with E-state index in [-0.39, 0.29) is 29.6 Å². The third-order valence-corrected chi connectivity index (χ3v) is 7.36. The number of carbonyl (C=O) groups is 2. The number of benzene rings is 2. The Hall–Kier alpha value is -3.19. The summed E-state index contributed by atoms with van der Waals surface area (Å²) in [6.07, 6.45) is -0.140. The number of hydrogen-bond acceptors (Lipinski definition) is 7. The number of morpholine rings is 1. The lowest BCUT2D eigenvalue weighted by Gasteiger charge is -2.29. The fourth-order valence-corrected chi connectivity index (χ4v) is 5.36. The van der Waals surface area contributed by atoms with Crippen molar-refractivity contribution >= 4 is 27.7 Å². The van der Waals surface area contributed by atoms with Crippen LogP contribution in [0, 0.1) is 0 Å². The zero-order valence-corrected chi connectivity index (χ0v) is 23.8. The predicted molar refractivity (Wildman–Crippen MR) is 147 cm³/mol. The van der Waals surface area contributed by atoms with Crippen molar-refractivity contribution in [3.05, 3.63) is 54.1 Å². The SMILES string of the molecule is CCOc1ccc(S(=O)(=O)N[C@H](CC(=O)OCc2ccccc2)C[N+](C)(C)C)cc1NC(=O)N1CCOCC1. The predicted octanol–water partition coefficient (Wildman–Crippen LogP) is 2.44.